The van der Waals surface area contributed by atoms with Gasteiger partial charge in [-0.25, -0.2) is 0 Å². The first-order valence-electron chi connectivity index (χ1n) is 5.18. The predicted octanol–water partition coefficient (Wildman–Crippen LogP) is 2.09. The largest absolute Gasteiger partial charge is 0.481 e. The highest BCUT2D eigenvalue weighted by Crippen LogP contribution is 2.20. The van der Waals surface area contributed by atoms with E-state index in [4.69, 9.17) is 5.11 Å². The van der Waals surface area contributed by atoms with Crippen molar-refractivity contribution in [3.63, 3.8) is 0 Å². The molecule has 1 unspecified atom stereocenters. The third-order valence-corrected chi connectivity index (χ3v) is 3.62. The molecular weight excluding hydrogens is 286 g/mol. The minimum Gasteiger partial charge on any atom is -0.481 e. The standard InChI is InChI=1S/C12H14BrNO3/c1-7-4-3-5-9(10(7)13)6-14-11(15)8(2)12(16)17/h3-5,8H,6H2,1-2H3,(H,14,15)(H,16,17). The van der Waals surface area contributed by atoms with E-state index in [2.05, 4.69) is 21.2 Å². The molecule has 92 valence electrons. The first-order valence-corrected chi connectivity index (χ1v) is 5.97. The molecule has 17 heavy (non-hydrogen) atoms. The first-order chi connectivity index (χ1) is 7.93. The number of carboxylic acids is 1. The molecule has 0 fully saturated rings. The maximum atomic E-state index is 11.4. The van der Waals surface area contributed by atoms with Crippen LogP contribution in [0.1, 0.15) is 18.1 Å². The van der Waals surface area contributed by atoms with Crippen LogP contribution in [0.3, 0.4) is 0 Å². The van der Waals surface area contributed by atoms with E-state index in [9.17, 15) is 9.59 Å². The third kappa shape index (κ3) is 3.56. The molecular formula is C12H14BrNO3. The quantitative estimate of drug-likeness (QED) is 0.837. The Balaban J connectivity index is 2.65. The molecule has 0 aromatic heterocycles. The van der Waals surface area contributed by atoms with Crippen LogP contribution in [0.2, 0.25) is 0 Å². The van der Waals surface area contributed by atoms with Crippen LogP contribution in [0.15, 0.2) is 22.7 Å². The zero-order valence-corrected chi connectivity index (χ0v) is 11.2. The molecule has 0 aliphatic heterocycles. The summed E-state index contributed by atoms with van der Waals surface area (Å²) in [5.41, 5.74) is 2.00. The highest BCUT2D eigenvalue weighted by Gasteiger charge is 2.20. The van der Waals surface area contributed by atoms with Crippen LogP contribution >= 0.6 is 15.9 Å². The SMILES string of the molecule is Cc1cccc(CNC(=O)C(C)C(=O)O)c1Br. The second-order valence-corrected chi connectivity index (χ2v) is 4.62. The van der Waals surface area contributed by atoms with Gasteiger partial charge in [0.1, 0.15) is 5.92 Å². The molecule has 0 saturated carbocycles. The Bertz CT molecular complexity index is 445. The zero-order valence-electron chi connectivity index (χ0n) is 9.66. The summed E-state index contributed by atoms with van der Waals surface area (Å²) in [4.78, 5) is 22.0. The molecule has 1 aromatic rings. The molecule has 0 bridgehead atoms. The lowest BCUT2D eigenvalue weighted by atomic mass is 10.1. The predicted molar refractivity (Wildman–Crippen MR) is 67.5 cm³/mol. The van der Waals surface area contributed by atoms with Crippen LogP contribution in [-0.2, 0) is 16.1 Å². The van der Waals surface area contributed by atoms with E-state index in [0.29, 0.717) is 6.54 Å². The molecule has 0 aliphatic rings. The molecule has 0 radical (unpaired) electrons. The summed E-state index contributed by atoms with van der Waals surface area (Å²) in [6, 6.07) is 5.72. The second kappa shape index (κ2) is 5.82. The van der Waals surface area contributed by atoms with E-state index in [1.165, 1.54) is 6.92 Å². The molecule has 0 spiro atoms. The van der Waals surface area contributed by atoms with Gasteiger partial charge < -0.3 is 10.4 Å². The number of aryl methyl sites for hydroxylation is 1. The number of carboxylic acid groups (broad SMARTS) is 1. The van der Waals surface area contributed by atoms with Crippen molar-refractivity contribution in [1.29, 1.82) is 0 Å². The summed E-state index contributed by atoms with van der Waals surface area (Å²) in [6.07, 6.45) is 0. The summed E-state index contributed by atoms with van der Waals surface area (Å²) < 4.78 is 0.934. The molecule has 0 saturated heterocycles. The first kappa shape index (κ1) is 13.7. The van der Waals surface area contributed by atoms with Crippen molar-refractivity contribution in [3.8, 4) is 0 Å². The second-order valence-electron chi connectivity index (χ2n) is 3.83. The molecule has 1 atom stereocenters. The van der Waals surface area contributed by atoms with E-state index < -0.39 is 17.8 Å². The monoisotopic (exact) mass is 299 g/mol. The molecule has 1 amide bonds. The Kier molecular flexibility index (Phi) is 4.69. The number of aliphatic carboxylic acids is 1. The van der Waals surface area contributed by atoms with Gasteiger partial charge in [-0.3, -0.25) is 9.59 Å². The number of carbonyl (C=O) groups is 2. The van der Waals surface area contributed by atoms with Gasteiger partial charge in [0.05, 0.1) is 0 Å². The number of halogens is 1. The molecule has 5 heteroatoms. The van der Waals surface area contributed by atoms with Crippen molar-refractivity contribution in [1.82, 2.24) is 5.32 Å². The normalized spacial score (nSPS) is 11.9. The maximum Gasteiger partial charge on any atom is 0.315 e. The van der Waals surface area contributed by atoms with Gasteiger partial charge in [0.2, 0.25) is 5.91 Å². The molecule has 1 rings (SSSR count). The Morgan fingerprint density at radius 2 is 2.12 bits per heavy atom. The van der Waals surface area contributed by atoms with Gasteiger partial charge >= 0.3 is 5.97 Å². The van der Waals surface area contributed by atoms with Crippen molar-refractivity contribution in [2.75, 3.05) is 0 Å². The topological polar surface area (TPSA) is 66.4 Å². The van der Waals surface area contributed by atoms with E-state index in [-0.39, 0.29) is 0 Å². The Morgan fingerprint density at radius 3 is 2.71 bits per heavy atom. The number of nitrogens with one attached hydrogen (secondary N) is 1. The van der Waals surface area contributed by atoms with E-state index >= 15 is 0 Å². The van der Waals surface area contributed by atoms with Gasteiger partial charge in [-0.1, -0.05) is 34.1 Å². The lowest BCUT2D eigenvalue weighted by Gasteiger charge is -2.10. The van der Waals surface area contributed by atoms with E-state index in [1.54, 1.807) is 0 Å². The van der Waals surface area contributed by atoms with Crippen LogP contribution in [0.25, 0.3) is 0 Å². The van der Waals surface area contributed by atoms with Crippen molar-refractivity contribution >= 4 is 27.8 Å². The molecule has 0 heterocycles. The summed E-state index contributed by atoms with van der Waals surface area (Å²) in [7, 11) is 0. The Hall–Kier alpha value is -1.36. The fourth-order valence-electron chi connectivity index (χ4n) is 1.29. The van der Waals surface area contributed by atoms with Crippen LogP contribution in [0.5, 0.6) is 0 Å². The van der Waals surface area contributed by atoms with Crippen LogP contribution < -0.4 is 5.32 Å². The number of hydrogen-bond donors (Lipinski definition) is 2. The summed E-state index contributed by atoms with van der Waals surface area (Å²) in [5, 5.41) is 11.3. The van der Waals surface area contributed by atoms with Crippen molar-refractivity contribution in [2.24, 2.45) is 5.92 Å². The Labute approximate surface area is 108 Å². The maximum absolute atomic E-state index is 11.4. The van der Waals surface area contributed by atoms with Crippen LogP contribution in [0.4, 0.5) is 0 Å². The molecule has 4 nitrogen and oxygen atoms in total. The smallest absolute Gasteiger partial charge is 0.315 e. The van der Waals surface area contributed by atoms with Crippen molar-refractivity contribution in [2.45, 2.75) is 20.4 Å². The van der Waals surface area contributed by atoms with Crippen LogP contribution in [0, 0.1) is 12.8 Å². The molecule has 1 aromatic carbocycles. The number of amides is 1. The van der Waals surface area contributed by atoms with Gasteiger partial charge in [0.15, 0.2) is 0 Å². The van der Waals surface area contributed by atoms with Crippen molar-refractivity contribution in [3.05, 3.63) is 33.8 Å². The average molecular weight is 300 g/mol. The lowest BCUT2D eigenvalue weighted by molar-refractivity contribution is -0.146. The molecule has 2 N–H and O–H groups in total. The zero-order chi connectivity index (χ0) is 13.0. The van der Waals surface area contributed by atoms with Gasteiger partial charge in [0, 0.05) is 11.0 Å². The average Bonchev–Trinajstić information content (AvgIpc) is 2.29. The fraction of sp³-hybridized carbons (Fsp3) is 0.333. The third-order valence-electron chi connectivity index (χ3n) is 2.49. The van der Waals surface area contributed by atoms with Gasteiger partial charge in [0.25, 0.3) is 0 Å². The lowest BCUT2D eigenvalue weighted by Crippen LogP contribution is -2.33. The van der Waals surface area contributed by atoms with E-state index in [0.717, 1.165) is 15.6 Å². The van der Waals surface area contributed by atoms with Crippen LogP contribution in [-0.4, -0.2) is 17.0 Å². The fourth-order valence-corrected chi connectivity index (χ4v) is 1.70. The highest BCUT2D eigenvalue weighted by molar-refractivity contribution is 9.10. The summed E-state index contributed by atoms with van der Waals surface area (Å²) >= 11 is 3.43. The van der Waals surface area contributed by atoms with Gasteiger partial charge in [-0.15, -0.1) is 0 Å². The minimum atomic E-state index is -1.12. The molecule has 0 aliphatic carbocycles. The number of benzene rings is 1. The highest BCUT2D eigenvalue weighted by atomic mass is 79.9. The number of rotatable bonds is 4. The van der Waals surface area contributed by atoms with Gasteiger partial charge in [-0.2, -0.15) is 0 Å². The van der Waals surface area contributed by atoms with Gasteiger partial charge in [-0.05, 0) is 25.0 Å². The Morgan fingerprint density at radius 1 is 1.47 bits per heavy atom. The number of carbonyl (C=O) groups excluding carboxylic acids is 1. The summed E-state index contributed by atoms with van der Waals surface area (Å²) in [5.74, 6) is -2.63. The minimum absolute atomic E-state index is 0.318. The summed E-state index contributed by atoms with van der Waals surface area (Å²) in [6.45, 7) is 3.64. The number of hydrogen-bond acceptors (Lipinski definition) is 2. The van der Waals surface area contributed by atoms with Crippen molar-refractivity contribution < 1.29 is 14.7 Å². The van der Waals surface area contributed by atoms with E-state index in [1.807, 2.05) is 25.1 Å².